The highest BCUT2D eigenvalue weighted by atomic mass is 16.3. The molecule has 0 aromatic carbocycles. The second-order valence-corrected chi connectivity index (χ2v) is 3.83. The maximum absolute atomic E-state index is 11.5. The van der Waals surface area contributed by atoms with Gasteiger partial charge in [-0.15, -0.1) is 0 Å². The smallest absolute Gasteiger partial charge is 0.314 e. The van der Waals surface area contributed by atoms with Gasteiger partial charge in [0.05, 0.1) is 13.5 Å². The molecule has 1 heterocycles. The molecule has 2 atom stereocenters. The molecule has 5 heteroatoms. The summed E-state index contributed by atoms with van der Waals surface area (Å²) in [7, 11) is 1.72. The van der Waals surface area contributed by atoms with E-state index in [9.17, 15) is 15.0 Å². The number of amides is 1. The Bertz CT molecular complexity index is 198. The van der Waals surface area contributed by atoms with Crippen LogP contribution in [0.3, 0.4) is 0 Å². The van der Waals surface area contributed by atoms with E-state index in [-0.39, 0.29) is 10.4 Å². The van der Waals surface area contributed by atoms with E-state index in [0.717, 1.165) is 0 Å². The average molecular weight is 189 g/mol. The van der Waals surface area contributed by atoms with Crippen LogP contribution in [0.25, 0.3) is 0 Å². The van der Waals surface area contributed by atoms with E-state index in [2.05, 4.69) is 0 Å². The Morgan fingerprint density at radius 3 is 2.31 bits per heavy atom. The number of rotatable bonds is 2. The maximum Gasteiger partial charge on any atom is 0.314 e. The van der Waals surface area contributed by atoms with Crippen LogP contribution in [-0.4, -0.2) is 59.5 Å². The molecule has 1 aliphatic heterocycles. The van der Waals surface area contributed by atoms with Gasteiger partial charge in [-0.3, -0.25) is 4.48 Å². The summed E-state index contributed by atoms with van der Waals surface area (Å²) in [6.45, 7) is 0.902. The van der Waals surface area contributed by atoms with Gasteiger partial charge >= 0.3 is 5.91 Å². The fourth-order valence-electron chi connectivity index (χ4n) is 1.74. The molecule has 5 nitrogen and oxygen atoms in total. The van der Waals surface area contributed by atoms with Gasteiger partial charge in [0.2, 0.25) is 0 Å². The largest absolute Gasteiger partial charge is 0.384 e. The summed E-state index contributed by atoms with van der Waals surface area (Å²) >= 11 is 0. The molecule has 0 aromatic rings. The summed E-state index contributed by atoms with van der Waals surface area (Å²) < 4.78 is 0.0968. The highest BCUT2D eigenvalue weighted by molar-refractivity contribution is 5.69. The first kappa shape index (κ1) is 10.6. The van der Waals surface area contributed by atoms with Gasteiger partial charge in [0.1, 0.15) is 25.3 Å². The molecule has 0 aliphatic carbocycles. The second kappa shape index (κ2) is 3.71. The summed E-state index contributed by atoms with van der Waals surface area (Å²) in [5.41, 5.74) is 5.27. The van der Waals surface area contributed by atoms with Crippen LogP contribution in [0, 0.1) is 0 Å². The van der Waals surface area contributed by atoms with Crippen LogP contribution in [0.4, 0.5) is 0 Å². The van der Waals surface area contributed by atoms with Crippen molar-refractivity contribution in [2.24, 2.45) is 5.73 Å². The molecule has 2 unspecified atom stereocenters. The predicted molar refractivity (Wildman–Crippen MR) is 46.6 cm³/mol. The number of nitrogens with zero attached hydrogens (tertiary/aromatic N) is 1. The number of carbonyl (C=O) groups excluding carboxylic acids is 1. The molecule has 1 fully saturated rings. The van der Waals surface area contributed by atoms with E-state index >= 15 is 0 Å². The fraction of sp³-hybridized carbons (Fsp3) is 0.875. The number of carbonyl (C=O) groups is 1. The summed E-state index contributed by atoms with van der Waals surface area (Å²) in [5.74, 6) is -0.0156. The van der Waals surface area contributed by atoms with Crippen molar-refractivity contribution in [2.75, 3.05) is 26.7 Å². The van der Waals surface area contributed by atoms with Gasteiger partial charge in [-0.05, 0) is 0 Å². The number of nitrogens with two attached hydrogens (primary N) is 1. The monoisotopic (exact) mass is 189 g/mol. The number of likely N-dealkylation sites (N-methyl/N-ethyl adjacent to an activating group) is 1. The number of aliphatic hydroxyl groups is 2. The molecule has 0 spiro atoms. The Kier molecular flexibility index (Phi) is 3.02. The molecule has 0 saturated carbocycles. The minimum absolute atomic E-state index is 0.0156. The van der Waals surface area contributed by atoms with Crippen LogP contribution >= 0.6 is 0 Å². The zero-order valence-corrected chi connectivity index (χ0v) is 7.81. The van der Waals surface area contributed by atoms with Gasteiger partial charge < -0.3 is 15.9 Å². The van der Waals surface area contributed by atoms with Crippen LogP contribution in [0.1, 0.15) is 6.42 Å². The van der Waals surface area contributed by atoms with E-state index in [1.807, 2.05) is 0 Å². The quantitative estimate of drug-likeness (QED) is 0.441. The zero-order valence-electron chi connectivity index (χ0n) is 7.81. The highest BCUT2D eigenvalue weighted by Gasteiger charge is 2.45. The number of likely N-dealkylation sites (tertiary alicyclic amines) is 1. The van der Waals surface area contributed by atoms with Crippen LogP contribution < -0.4 is 5.73 Å². The van der Waals surface area contributed by atoms with E-state index in [4.69, 9.17) is 5.73 Å². The van der Waals surface area contributed by atoms with Crippen molar-refractivity contribution in [1.29, 1.82) is 0 Å². The molecule has 1 rings (SSSR count). The third kappa shape index (κ3) is 2.05. The van der Waals surface area contributed by atoms with E-state index in [1.54, 1.807) is 7.05 Å². The average Bonchev–Trinajstić information content (AvgIpc) is 2.28. The summed E-state index contributed by atoms with van der Waals surface area (Å²) in [4.78, 5) is 11.5. The Morgan fingerprint density at radius 2 is 1.92 bits per heavy atom. The lowest BCUT2D eigenvalue weighted by atomic mass is 10.3. The van der Waals surface area contributed by atoms with Crippen molar-refractivity contribution >= 4 is 5.91 Å². The molecule has 1 aliphatic rings. The van der Waals surface area contributed by atoms with Crippen molar-refractivity contribution < 1.29 is 19.5 Å². The topological polar surface area (TPSA) is 83.6 Å². The zero-order chi connectivity index (χ0) is 10.1. The fourth-order valence-corrected chi connectivity index (χ4v) is 1.74. The van der Waals surface area contributed by atoms with Crippen LogP contribution in [-0.2, 0) is 4.79 Å². The van der Waals surface area contributed by atoms with Crippen molar-refractivity contribution in [3.8, 4) is 0 Å². The van der Waals surface area contributed by atoms with Crippen molar-refractivity contribution in [1.82, 2.24) is 0 Å². The molecule has 4 N–H and O–H groups in total. The summed E-state index contributed by atoms with van der Waals surface area (Å²) in [5, 5.41) is 18.6. The minimum atomic E-state index is -0.785. The third-order valence-corrected chi connectivity index (χ3v) is 2.58. The van der Waals surface area contributed by atoms with Crippen LogP contribution in [0.15, 0.2) is 0 Å². The first-order valence-electron chi connectivity index (χ1n) is 4.44. The Balaban J connectivity index is 2.63. The van der Waals surface area contributed by atoms with Gasteiger partial charge in [0, 0.05) is 6.54 Å². The standard InChI is InChI=1S/C8H17N2O3/c1-10(8(13)2-3-9)4-6(11)7(12)5-10/h6-7,11-12H,2-5,9H2,1H3/q+1. The number of hydrogen-bond acceptors (Lipinski definition) is 4. The maximum atomic E-state index is 11.5. The van der Waals surface area contributed by atoms with Gasteiger partial charge in [-0.25, -0.2) is 4.79 Å². The molecular weight excluding hydrogens is 172 g/mol. The van der Waals surface area contributed by atoms with E-state index in [0.29, 0.717) is 26.1 Å². The summed E-state index contributed by atoms with van der Waals surface area (Å²) in [6, 6.07) is 0. The van der Waals surface area contributed by atoms with Gasteiger partial charge in [0.15, 0.2) is 0 Å². The SMILES string of the molecule is C[N+]1(C(=O)CCN)CC(O)C(O)C1. The Labute approximate surface area is 77.3 Å². The lowest BCUT2D eigenvalue weighted by molar-refractivity contribution is -0.824. The summed E-state index contributed by atoms with van der Waals surface area (Å²) in [6.07, 6.45) is -1.27. The second-order valence-electron chi connectivity index (χ2n) is 3.83. The molecule has 0 radical (unpaired) electrons. The van der Waals surface area contributed by atoms with Crippen molar-refractivity contribution in [3.63, 3.8) is 0 Å². The first-order valence-corrected chi connectivity index (χ1v) is 4.44. The normalized spacial score (nSPS) is 39.4. The lowest BCUT2D eigenvalue weighted by Gasteiger charge is -2.25. The predicted octanol–water partition coefficient (Wildman–Crippen LogP) is -1.96. The number of quaternary nitrogens is 1. The van der Waals surface area contributed by atoms with Crippen molar-refractivity contribution in [3.05, 3.63) is 0 Å². The Morgan fingerprint density at radius 1 is 1.46 bits per heavy atom. The third-order valence-electron chi connectivity index (χ3n) is 2.58. The van der Waals surface area contributed by atoms with E-state index in [1.165, 1.54) is 0 Å². The molecule has 0 bridgehead atoms. The van der Waals surface area contributed by atoms with Gasteiger partial charge in [-0.1, -0.05) is 0 Å². The van der Waals surface area contributed by atoms with E-state index < -0.39 is 12.2 Å². The van der Waals surface area contributed by atoms with Gasteiger partial charge in [-0.2, -0.15) is 0 Å². The minimum Gasteiger partial charge on any atom is -0.384 e. The van der Waals surface area contributed by atoms with Gasteiger partial charge in [0.25, 0.3) is 0 Å². The first-order chi connectivity index (χ1) is 5.99. The molecular formula is C8H17N2O3+. The number of hydrogen-bond donors (Lipinski definition) is 3. The molecule has 1 saturated heterocycles. The highest BCUT2D eigenvalue weighted by Crippen LogP contribution is 2.18. The van der Waals surface area contributed by atoms with Crippen LogP contribution in [0.5, 0.6) is 0 Å². The molecule has 0 aromatic heterocycles. The lowest BCUT2D eigenvalue weighted by Crippen LogP contribution is -2.48. The molecule has 1 amide bonds. The molecule has 13 heavy (non-hydrogen) atoms. The number of aliphatic hydroxyl groups excluding tert-OH is 2. The van der Waals surface area contributed by atoms with Crippen LogP contribution in [0.2, 0.25) is 0 Å². The Hall–Kier alpha value is -0.490. The van der Waals surface area contributed by atoms with Crippen molar-refractivity contribution in [2.45, 2.75) is 18.6 Å². The molecule has 76 valence electrons.